The van der Waals surface area contributed by atoms with Crippen LogP contribution in [0.2, 0.25) is 18.1 Å². The van der Waals surface area contributed by atoms with Crippen LogP contribution < -0.4 is 0 Å². The summed E-state index contributed by atoms with van der Waals surface area (Å²) in [7, 11) is -0.376. The highest BCUT2D eigenvalue weighted by atomic mass is 28.3. The second kappa shape index (κ2) is 15.2. The first-order valence-electron chi connectivity index (χ1n) is 16.0. The zero-order valence-electron chi connectivity index (χ0n) is 24.0. The number of benzene rings is 2. The van der Waals surface area contributed by atoms with Gasteiger partial charge in [-0.25, -0.2) is 4.39 Å². The molecule has 2 aromatic carbocycles. The van der Waals surface area contributed by atoms with E-state index in [-0.39, 0.29) is 14.6 Å². The predicted octanol–water partition coefficient (Wildman–Crippen LogP) is 10.8. The first-order valence-corrected chi connectivity index (χ1v) is 18.5. The van der Waals surface area contributed by atoms with Crippen LogP contribution in [0.5, 0.6) is 0 Å². The van der Waals surface area contributed by atoms with E-state index in [0.717, 1.165) is 41.7 Å². The van der Waals surface area contributed by atoms with E-state index in [1.165, 1.54) is 81.8 Å². The quantitative estimate of drug-likeness (QED) is 0.182. The van der Waals surface area contributed by atoms with Crippen LogP contribution in [-0.2, 0) is 12.8 Å². The summed E-state index contributed by atoms with van der Waals surface area (Å²) in [5.41, 5.74) is 4.28. The molecule has 1 saturated carbocycles. The first kappa shape index (κ1) is 28.6. The molecular weight excluding hydrogens is 467 g/mol. The number of hydrogen-bond donors (Lipinski definition) is 0. The molecule has 2 aliphatic rings. The van der Waals surface area contributed by atoms with Crippen molar-refractivity contribution in [1.82, 2.24) is 0 Å². The SMILES string of the molecule is CCCCCc1ccc(-c2ccc(CC[C@H]3CC[C@H](C4CC[SiH](CCCCC)CC4)CC3)cc2F)cc1. The third-order valence-corrected chi connectivity index (χ3v) is 13.4. The fraction of sp³-hybridized carbons (Fsp3) is 0.657. The third-order valence-electron chi connectivity index (χ3n) is 9.87. The molecule has 0 unspecified atom stereocenters. The van der Waals surface area contributed by atoms with E-state index in [2.05, 4.69) is 44.2 Å². The van der Waals surface area contributed by atoms with Crippen LogP contribution in [0.15, 0.2) is 42.5 Å². The van der Waals surface area contributed by atoms with Crippen molar-refractivity contribution in [2.45, 2.75) is 128 Å². The van der Waals surface area contributed by atoms with E-state index in [1.807, 2.05) is 6.07 Å². The first-order chi connectivity index (χ1) is 18.2. The van der Waals surface area contributed by atoms with E-state index in [9.17, 15) is 0 Å². The minimum Gasteiger partial charge on any atom is -0.206 e. The van der Waals surface area contributed by atoms with Crippen molar-refractivity contribution in [1.29, 1.82) is 0 Å². The van der Waals surface area contributed by atoms with Crippen molar-refractivity contribution >= 4 is 8.80 Å². The number of unbranched alkanes of at least 4 members (excludes halogenated alkanes) is 4. The molecule has 0 atom stereocenters. The Balaban J connectivity index is 1.18. The normalized spacial score (nSPS) is 24.3. The molecule has 0 bridgehead atoms. The van der Waals surface area contributed by atoms with Crippen molar-refractivity contribution in [3.05, 3.63) is 59.4 Å². The highest BCUT2D eigenvalue weighted by Crippen LogP contribution is 2.42. The lowest BCUT2D eigenvalue weighted by Crippen LogP contribution is -2.28. The second-order valence-corrected chi connectivity index (χ2v) is 16.0. The van der Waals surface area contributed by atoms with Crippen LogP contribution in [0.4, 0.5) is 4.39 Å². The van der Waals surface area contributed by atoms with Gasteiger partial charge in [0.2, 0.25) is 0 Å². The maximum absolute atomic E-state index is 15.0. The molecule has 0 nitrogen and oxygen atoms in total. The van der Waals surface area contributed by atoms with Gasteiger partial charge in [0.05, 0.1) is 0 Å². The summed E-state index contributed by atoms with van der Waals surface area (Å²) < 4.78 is 15.0. The number of halogens is 1. The van der Waals surface area contributed by atoms with E-state index >= 15 is 4.39 Å². The van der Waals surface area contributed by atoms with E-state index < -0.39 is 0 Å². The van der Waals surface area contributed by atoms with E-state index in [1.54, 1.807) is 37.0 Å². The highest BCUT2D eigenvalue weighted by Gasteiger charge is 2.31. The molecule has 2 aromatic rings. The standard InChI is InChI=1S/C35H53FSi/c1-3-5-7-9-28-14-19-33(20-15-28)34-21-16-30(27-35(34)36)11-10-29-12-17-31(18-13-29)32-22-25-37(26-23-32)24-8-6-4-2/h14-16,19-21,27,29,31-32,37H,3-13,17-18,22-26H2,1-2H3/t29-,31-,32?,37?. The number of aryl methyl sites for hydroxylation is 2. The van der Waals surface area contributed by atoms with Crippen LogP contribution >= 0.6 is 0 Å². The van der Waals surface area contributed by atoms with Crippen LogP contribution in [0, 0.1) is 23.6 Å². The lowest BCUT2D eigenvalue weighted by Gasteiger charge is -2.37. The van der Waals surface area contributed by atoms with Gasteiger partial charge in [-0.2, -0.15) is 0 Å². The fourth-order valence-corrected chi connectivity index (χ4v) is 10.9. The molecule has 37 heavy (non-hydrogen) atoms. The predicted molar refractivity (Wildman–Crippen MR) is 163 cm³/mol. The zero-order valence-corrected chi connectivity index (χ0v) is 25.1. The van der Waals surface area contributed by atoms with Gasteiger partial charge in [-0.3, -0.25) is 0 Å². The van der Waals surface area contributed by atoms with Crippen LogP contribution in [0.3, 0.4) is 0 Å². The Labute approximate surface area is 229 Å². The summed E-state index contributed by atoms with van der Waals surface area (Å²) in [5, 5.41) is 0. The Morgan fingerprint density at radius 2 is 1.35 bits per heavy atom. The van der Waals surface area contributed by atoms with Crippen molar-refractivity contribution in [2.24, 2.45) is 17.8 Å². The van der Waals surface area contributed by atoms with Gasteiger partial charge >= 0.3 is 0 Å². The minimum atomic E-state index is -0.376. The van der Waals surface area contributed by atoms with Gasteiger partial charge in [0.1, 0.15) is 5.82 Å². The topological polar surface area (TPSA) is 0 Å². The van der Waals surface area contributed by atoms with Gasteiger partial charge in [-0.15, -0.1) is 0 Å². The Kier molecular flexibility index (Phi) is 11.8. The maximum atomic E-state index is 15.0. The summed E-state index contributed by atoms with van der Waals surface area (Å²) in [5.74, 6) is 2.84. The van der Waals surface area contributed by atoms with E-state index in [0.29, 0.717) is 0 Å². The summed E-state index contributed by atoms with van der Waals surface area (Å²) in [6.07, 6.45) is 20.3. The van der Waals surface area contributed by atoms with Crippen LogP contribution in [0.1, 0.15) is 108 Å². The lowest BCUT2D eigenvalue weighted by atomic mass is 9.73. The highest BCUT2D eigenvalue weighted by molar-refractivity contribution is 6.58. The van der Waals surface area contributed by atoms with Crippen molar-refractivity contribution in [3.63, 3.8) is 0 Å². The van der Waals surface area contributed by atoms with E-state index in [4.69, 9.17) is 0 Å². The van der Waals surface area contributed by atoms with Crippen molar-refractivity contribution in [3.8, 4) is 11.1 Å². The molecule has 2 fully saturated rings. The summed E-state index contributed by atoms with van der Waals surface area (Å²) in [4.78, 5) is 0. The Morgan fingerprint density at radius 1 is 0.703 bits per heavy atom. The molecule has 0 N–H and O–H groups in total. The van der Waals surface area contributed by atoms with Gasteiger partial charge in [0, 0.05) is 14.4 Å². The number of rotatable bonds is 13. The minimum absolute atomic E-state index is 0.0613. The second-order valence-electron chi connectivity index (χ2n) is 12.6. The van der Waals surface area contributed by atoms with Gasteiger partial charge in [-0.1, -0.05) is 126 Å². The van der Waals surface area contributed by atoms with Gasteiger partial charge < -0.3 is 0 Å². The lowest BCUT2D eigenvalue weighted by molar-refractivity contribution is 0.186. The molecule has 204 valence electrons. The monoisotopic (exact) mass is 520 g/mol. The number of hydrogen-bond acceptors (Lipinski definition) is 0. The van der Waals surface area contributed by atoms with Gasteiger partial charge in [0.25, 0.3) is 0 Å². The molecule has 1 aliphatic heterocycles. The largest absolute Gasteiger partial charge is 0.206 e. The van der Waals surface area contributed by atoms with Gasteiger partial charge in [0.15, 0.2) is 0 Å². The van der Waals surface area contributed by atoms with Crippen molar-refractivity contribution < 1.29 is 4.39 Å². The average Bonchev–Trinajstić information content (AvgIpc) is 2.93. The molecular formula is C35H53FSi. The van der Waals surface area contributed by atoms with Crippen molar-refractivity contribution in [2.75, 3.05) is 0 Å². The Morgan fingerprint density at radius 3 is 2.03 bits per heavy atom. The Hall–Kier alpha value is -1.41. The zero-order chi connectivity index (χ0) is 25.9. The molecule has 1 saturated heterocycles. The van der Waals surface area contributed by atoms with Crippen LogP contribution in [-0.4, -0.2) is 8.80 Å². The fourth-order valence-electron chi connectivity index (χ4n) is 7.33. The molecule has 2 heteroatoms. The van der Waals surface area contributed by atoms with Gasteiger partial charge in [-0.05, 0) is 79.0 Å². The summed E-state index contributed by atoms with van der Waals surface area (Å²) in [6, 6.07) is 19.4. The smallest absolute Gasteiger partial charge is 0.131 e. The molecule has 4 rings (SSSR count). The molecule has 0 radical (unpaired) electrons. The Bertz CT molecular complexity index is 903. The third kappa shape index (κ3) is 8.80. The van der Waals surface area contributed by atoms with Crippen LogP contribution in [0.25, 0.3) is 11.1 Å². The summed E-state index contributed by atoms with van der Waals surface area (Å²) in [6.45, 7) is 4.57. The maximum Gasteiger partial charge on any atom is 0.131 e. The molecule has 0 aromatic heterocycles. The molecule has 0 amide bonds. The molecule has 0 spiro atoms. The average molecular weight is 521 g/mol. The molecule has 1 heterocycles. The summed E-state index contributed by atoms with van der Waals surface area (Å²) >= 11 is 0. The molecule has 1 aliphatic carbocycles.